The van der Waals surface area contributed by atoms with Crippen molar-refractivity contribution in [1.29, 1.82) is 5.26 Å². The smallest absolute Gasteiger partial charge is 0.243 e. The van der Waals surface area contributed by atoms with Crippen LogP contribution in [0.25, 0.3) is 10.9 Å². The van der Waals surface area contributed by atoms with Crippen LogP contribution in [0.4, 0.5) is 0 Å². The van der Waals surface area contributed by atoms with Crippen LogP contribution in [-0.2, 0) is 9.59 Å². The summed E-state index contributed by atoms with van der Waals surface area (Å²) < 4.78 is 2.18. The fourth-order valence-corrected chi connectivity index (χ4v) is 3.05. The highest BCUT2D eigenvalue weighted by Gasteiger charge is 2.17. The number of rotatable bonds is 7. The maximum absolute atomic E-state index is 11.3. The number of carbonyl (C=O) groups excluding carboxylic acids is 2. The van der Waals surface area contributed by atoms with E-state index in [1.165, 1.54) is 16.5 Å². The van der Waals surface area contributed by atoms with Crippen molar-refractivity contribution in [2.24, 2.45) is 5.92 Å². The first kappa shape index (κ1) is 21.6. The lowest BCUT2D eigenvalue weighted by atomic mass is 10.0. The molecule has 2 N–H and O–H groups in total. The predicted octanol–water partition coefficient (Wildman–Crippen LogP) is 2.86. The van der Waals surface area contributed by atoms with Crippen LogP contribution in [0, 0.1) is 24.2 Å². The number of hydrogen-bond donors (Lipinski definition) is 2. The summed E-state index contributed by atoms with van der Waals surface area (Å²) in [4.78, 5) is 21.6. The zero-order valence-corrected chi connectivity index (χ0v) is 16.5. The molecule has 26 heavy (non-hydrogen) atoms. The minimum Gasteiger partial charge on any atom is -0.347 e. The van der Waals surface area contributed by atoms with Crippen molar-refractivity contribution < 1.29 is 9.59 Å². The second-order valence-corrected chi connectivity index (χ2v) is 6.93. The molecule has 0 aliphatic carbocycles. The van der Waals surface area contributed by atoms with Gasteiger partial charge in [-0.05, 0) is 48.9 Å². The Balaban J connectivity index is 0.000000262. The number of benzene rings is 1. The molecule has 2 amide bonds. The van der Waals surface area contributed by atoms with Crippen LogP contribution in [0.3, 0.4) is 0 Å². The summed E-state index contributed by atoms with van der Waals surface area (Å²) in [6.07, 6.45) is 5.26. The summed E-state index contributed by atoms with van der Waals surface area (Å²) in [5, 5.41) is 14.4. The molecule has 1 unspecified atom stereocenters. The van der Waals surface area contributed by atoms with Gasteiger partial charge in [-0.1, -0.05) is 26.0 Å². The molecule has 0 bridgehead atoms. The molecule has 0 spiro atoms. The molecule has 1 aromatic carbocycles. The van der Waals surface area contributed by atoms with Gasteiger partial charge in [0.15, 0.2) is 0 Å². The summed E-state index contributed by atoms with van der Waals surface area (Å²) in [6, 6.07) is 9.83. The van der Waals surface area contributed by atoms with E-state index in [1.807, 2.05) is 13.8 Å². The lowest BCUT2D eigenvalue weighted by molar-refractivity contribution is -0.125. The largest absolute Gasteiger partial charge is 0.347 e. The SMILES string of the molecule is CC(C)CC(NC=O)C(=O)NCC#N.CSn1ccc2c(C)cccc21. The molecule has 2 aromatic rings. The van der Waals surface area contributed by atoms with E-state index in [-0.39, 0.29) is 12.5 Å². The zero-order chi connectivity index (χ0) is 19.5. The monoisotopic (exact) mass is 374 g/mol. The fourth-order valence-electron chi connectivity index (χ4n) is 2.51. The van der Waals surface area contributed by atoms with Crippen LogP contribution in [-0.4, -0.2) is 35.1 Å². The zero-order valence-electron chi connectivity index (χ0n) is 15.7. The number of nitrogens with zero attached hydrogens (tertiary/aromatic N) is 2. The molecule has 0 radical (unpaired) electrons. The van der Waals surface area contributed by atoms with Crippen LogP contribution in [0.15, 0.2) is 30.5 Å². The summed E-state index contributed by atoms with van der Waals surface area (Å²) in [6.45, 7) is 6.02. The Bertz CT molecular complexity index is 764. The van der Waals surface area contributed by atoms with Crippen LogP contribution in [0.5, 0.6) is 0 Å². The van der Waals surface area contributed by atoms with Crippen molar-refractivity contribution in [3.63, 3.8) is 0 Å². The lowest BCUT2D eigenvalue weighted by Crippen LogP contribution is -2.44. The van der Waals surface area contributed by atoms with Crippen LogP contribution in [0.1, 0.15) is 25.8 Å². The Kier molecular flexibility index (Phi) is 9.31. The summed E-state index contributed by atoms with van der Waals surface area (Å²) in [7, 11) is 0. The predicted molar refractivity (Wildman–Crippen MR) is 107 cm³/mol. The average Bonchev–Trinajstić information content (AvgIpc) is 3.04. The van der Waals surface area contributed by atoms with Gasteiger partial charge in [-0.15, -0.1) is 0 Å². The molecular formula is C19H26N4O2S. The number of amides is 2. The molecule has 0 aliphatic heterocycles. The molecule has 0 fully saturated rings. The van der Waals surface area contributed by atoms with Gasteiger partial charge in [0.25, 0.3) is 0 Å². The Hall–Kier alpha value is -2.46. The molecular weight excluding hydrogens is 348 g/mol. The number of nitrogens with one attached hydrogen (secondary N) is 2. The van der Waals surface area contributed by atoms with E-state index in [9.17, 15) is 9.59 Å². The van der Waals surface area contributed by atoms with Gasteiger partial charge >= 0.3 is 0 Å². The number of aryl methyl sites for hydroxylation is 1. The van der Waals surface area contributed by atoms with E-state index >= 15 is 0 Å². The van der Waals surface area contributed by atoms with Crippen molar-refractivity contribution in [3.8, 4) is 6.07 Å². The maximum atomic E-state index is 11.3. The highest BCUT2D eigenvalue weighted by atomic mass is 32.2. The average molecular weight is 375 g/mol. The molecule has 2 rings (SSSR count). The van der Waals surface area contributed by atoms with Gasteiger partial charge in [0.2, 0.25) is 12.3 Å². The first-order valence-corrected chi connectivity index (χ1v) is 9.58. The van der Waals surface area contributed by atoms with E-state index in [2.05, 4.69) is 58.2 Å². The number of aromatic nitrogens is 1. The third kappa shape index (κ3) is 6.45. The normalized spacial score (nSPS) is 11.2. The number of hydrogen-bond acceptors (Lipinski definition) is 4. The summed E-state index contributed by atoms with van der Waals surface area (Å²) in [5.41, 5.74) is 2.66. The van der Waals surface area contributed by atoms with Gasteiger partial charge in [-0.2, -0.15) is 5.26 Å². The fraction of sp³-hybridized carbons (Fsp3) is 0.421. The minimum absolute atomic E-state index is 0.0338. The topological polar surface area (TPSA) is 86.9 Å². The first-order chi connectivity index (χ1) is 12.4. The van der Waals surface area contributed by atoms with E-state index in [1.54, 1.807) is 18.0 Å². The lowest BCUT2D eigenvalue weighted by Gasteiger charge is -2.16. The number of fused-ring (bicyclic) bond motifs is 1. The summed E-state index contributed by atoms with van der Waals surface area (Å²) >= 11 is 1.73. The molecule has 0 saturated carbocycles. The Labute approximate surface area is 159 Å². The van der Waals surface area contributed by atoms with Crippen molar-refractivity contribution in [2.45, 2.75) is 33.2 Å². The van der Waals surface area contributed by atoms with Gasteiger partial charge in [-0.25, -0.2) is 0 Å². The molecule has 1 aromatic heterocycles. The van der Waals surface area contributed by atoms with Gasteiger partial charge in [0, 0.05) is 17.8 Å². The van der Waals surface area contributed by atoms with Crippen molar-refractivity contribution >= 4 is 35.2 Å². The second kappa shape index (κ2) is 11.2. The number of carbonyl (C=O) groups is 2. The van der Waals surface area contributed by atoms with Crippen molar-refractivity contribution in [2.75, 3.05) is 12.8 Å². The Morgan fingerprint density at radius 1 is 1.38 bits per heavy atom. The highest BCUT2D eigenvalue weighted by molar-refractivity contribution is 7.97. The quantitative estimate of drug-likeness (QED) is 0.576. The van der Waals surface area contributed by atoms with Crippen LogP contribution in [0.2, 0.25) is 0 Å². The van der Waals surface area contributed by atoms with E-state index in [0.29, 0.717) is 18.7 Å². The van der Waals surface area contributed by atoms with Crippen molar-refractivity contribution in [1.82, 2.24) is 14.6 Å². The van der Waals surface area contributed by atoms with Gasteiger partial charge in [0.05, 0.1) is 11.6 Å². The number of nitriles is 1. The van der Waals surface area contributed by atoms with Crippen LogP contribution >= 0.6 is 11.9 Å². The molecule has 6 nitrogen and oxygen atoms in total. The van der Waals surface area contributed by atoms with Crippen LogP contribution < -0.4 is 10.6 Å². The van der Waals surface area contributed by atoms with Crippen molar-refractivity contribution in [3.05, 3.63) is 36.0 Å². The minimum atomic E-state index is -0.541. The highest BCUT2D eigenvalue weighted by Crippen LogP contribution is 2.22. The third-order valence-corrected chi connectivity index (χ3v) is 4.46. The van der Waals surface area contributed by atoms with E-state index < -0.39 is 6.04 Å². The molecule has 1 atom stereocenters. The molecule has 7 heteroatoms. The first-order valence-electron chi connectivity index (χ1n) is 8.40. The third-order valence-electron chi connectivity index (χ3n) is 3.75. The Morgan fingerprint density at radius 3 is 2.69 bits per heavy atom. The molecule has 0 aliphatic rings. The second-order valence-electron chi connectivity index (χ2n) is 6.17. The molecule has 1 heterocycles. The van der Waals surface area contributed by atoms with Gasteiger partial charge < -0.3 is 10.6 Å². The van der Waals surface area contributed by atoms with E-state index in [0.717, 1.165) is 0 Å². The molecule has 140 valence electrons. The summed E-state index contributed by atoms with van der Waals surface area (Å²) in [5.74, 6) is -0.00682. The van der Waals surface area contributed by atoms with E-state index in [4.69, 9.17) is 5.26 Å². The van der Waals surface area contributed by atoms with Gasteiger partial charge in [-0.3, -0.25) is 13.6 Å². The van der Waals surface area contributed by atoms with Gasteiger partial charge in [0.1, 0.15) is 12.6 Å². The molecule has 0 saturated heterocycles. The maximum Gasteiger partial charge on any atom is 0.243 e. The Morgan fingerprint density at radius 2 is 2.12 bits per heavy atom. The standard InChI is InChI=1S/C10H11NS.C9H15N3O2/c1-8-4-3-5-10-9(8)6-7-11(10)12-2;1-7(2)5-8(12-6-13)9(14)11-4-3-10/h3-7H,1-2H3;6-8H,4-5H2,1-2H3,(H,11,14)(H,12,13).